The summed E-state index contributed by atoms with van der Waals surface area (Å²) in [7, 11) is 1.58. The van der Waals surface area contributed by atoms with Crippen LogP contribution >= 0.6 is 0 Å². The number of ether oxygens (including phenoxy) is 1. The van der Waals surface area contributed by atoms with Gasteiger partial charge in [-0.15, -0.1) is 0 Å². The minimum atomic E-state index is 0.386. The maximum atomic E-state index is 8.96. The summed E-state index contributed by atoms with van der Waals surface area (Å²) in [5.74, 6) is 1.64. The highest BCUT2D eigenvalue weighted by atomic mass is 16.5. The maximum absolute atomic E-state index is 8.96. The van der Waals surface area contributed by atoms with Crippen LogP contribution < -0.4 is 10.1 Å². The highest BCUT2D eigenvalue weighted by molar-refractivity contribution is 5.45. The summed E-state index contributed by atoms with van der Waals surface area (Å²) in [6.45, 7) is 2.91. The number of methoxy groups -OCH3 is 1. The van der Waals surface area contributed by atoms with Crippen molar-refractivity contribution in [2.24, 2.45) is 0 Å². The molecular weight excluding hydrogens is 264 g/mol. The van der Waals surface area contributed by atoms with Gasteiger partial charge in [0.15, 0.2) is 0 Å². The average molecular weight is 284 g/mol. The molecule has 0 aliphatic heterocycles. The van der Waals surface area contributed by atoms with Crippen molar-refractivity contribution in [1.29, 1.82) is 5.26 Å². The van der Waals surface area contributed by atoms with Crippen molar-refractivity contribution in [1.82, 2.24) is 5.32 Å². The number of hydrogen-bond acceptors (Lipinski definition) is 4. The van der Waals surface area contributed by atoms with Gasteiger partial charge in [0.2, 0.25) is 0 Å². The third-order valence-electron chi connectivity index (χ3n) is 3.44. The molecule has 4 heteroatoms. The number of nitrogens with one attached hydrogen (secondary N) is 1. The first kappa shape index (κ1) is 15.1. The summed E-state index contributed by atoms with van der Waals surface area (Å²) in [6, 6.07) is 12.1. The molecule has 0 bridgehead atoms. The minimum Gasteiger partial charge on any atom is -0.495 e. The Morgan fingerprint density at radius 2 is 2.24 bits per heavy atom. The second-order valence-corrected chi connectivity index (χ2v) is 5.05. The van der Waals surface area contributed by atoms with Gasteiger partial charge in [-0.3, -0.25) is 0 Å². The number of aryl methyl sites for hydroxylation is 1. The fourth-order valence-electron chi connectivity index (χ4n) is 2.15. The van der Waals surface area contributed by atoms with Crippen molar-refractivity contribution in [3.05, 3.63) is 53.5 Å². The number of furan rings is 1. The predicted molar refractivity (Wildman–Crippen MR) is 81.0 cm³/mol. The first-order chi connectivity index (χ1) is 10.2. The summed E-state index contributed by atoms with van der Waals surface area (Å²) < 4.78 is 10.5. The molecule has 0 radical (unpaired) electrons. The molecule has 0 saturated carbocycles. The van der Waals surface area contributed by atoms with E-state index < -0.39 is 0 Å². The third-order valence-corrected chi connectivity index (χ3v) is 3.44. The van der Waals surface area contributed by atoms with Crippen LogP contribution in [0.2, 0.25) is 0 Å². The van der Waals surface area contributed by atoms with Crippen LogP contribution in [-0.4, -0.2) is 13.2 Å². The van der Waals surface area contributed by atoms with Gasteiger partial charge in [0.25, 0.3) is 0 Å². The smallest absolute Gasteiger partial charge is 0.136 e. The molecule has 110 valence electrons. The normalized spacial score (nSPS) is 11.9. The molecule has 1 unspecified atom stereocenters. The van der Waals surface area contributed by atoms with Crippen molar-refractivity contribution >= 4 is 0 Å². The molecule has 0 fully saturated rings. The summed E-state index contributed by atoms with van der Waals surface area (Å²) in [5, 5.41) is 12.4. The highest BCUT2D eigenvalue weighted by Crippen LogP contribution is 2.19. The van der Waals surface area contributed by atoms with E-state index in [0.717, 1.165) is 30.7 Å². The lowest BCUT2D eigenvalue weighted by molar-refractivity contribution is 0.412. The van der Waals surface area contributed by atoms with E-state index in [0.29, 0.717) is 17.4 Å². The van der Waals surface area contributed by atoms with Crippen LogP contribution in [0.25, 0.3) is 0 Å². The van der Waals surface area contributed by atoms with Gasteiger partial charge in [-0.25, -0.2) is 0 Å². The third kappa shape index (κ3) is 4.37. The molecule has 1 atom stereocenters. The van der Waals surface area contributed by atoms with E-state index in [4.69, 9.17) is 14.4 Å². The molecule has 4 nitrogen and oxygen atoms in total. The van der Waals surface area contributed by atoms with Crippen molar-refractivity contribution in [2.45, 2.75) is 32.4 Å². The molecule has 1 heterocycles. The lowest BCUT2D eigenvalue weighted by Gasteiger charge is -2.14. The van der Waals surface area contributed by atoms with Crippen molar-refractivity contribution in [3.8, 4) is 11.8 Å². The quantitative estimate of drug-likeness (QED) is 0.847. The summed E-state index contributed by atoms with van der Waals surface area (Å²) in [5.41, 5.74) is 1.67. The average Bonchev–Trinajstić information content (AvgIpc) is 3.04. The van der Waals surface area contributed by atoms with Gasteiger partial charge in [-0.2, -0.15) is 5.26 Å². The lowest BCUT2D eigenvalue weighted by atomic mass is 10.1. The number of rotatable bonds is 7. The Morgan fingerprint density at radius 1 is 1.38 bits per heavy atom. The molecule has 2 rings (SSSR count). The zero-order valence-corrected chi connectivity index (χ0v) is 12.4. The topological polar surface area (TPSA) is 58.2 Å². The number of nitriles is 1. The highest BCUT2D eigenvalue weighted by Gasteiger charge is 2.06. The van der Waals surface area contributed by atoms with E-state index in [9.17, 15) is 0 Å². The van der Waals surface area contributed by atoms with Crippen LogP contribution in [0.3, 0.4) is 0 Å². The van der Waals surface area contributed by atoms with Crippen molar-refractivity contribution in [2.75, 3.05) is 7.11 Å². The number of benzene rings is 1. The molecule has 1 aromatic heterocycles. The summed E-state index contributed by atoms with van der Waals surface area (Å²) in [6.07, 6.45) is 3.65. The molecule has 21 heavy (non-hydrogen) atoms. The molecule has 1 aromatic carbocycles. The second-order valence-electron chi connectivity index (χ2n) is 5.05. The van der Waals surface area contributed by atoms with Crippen LogP contribution in [0.1, 0.15) is 30.2 Å². The van der Waals surface area contributed by atoms with Gasteiger partial charge >= 0.3 is 0 Å². The zero-order valence-electron chi connectivity index (χ0n) is 12.4. The Morgan fingerprint density at radius 3 is 2.90 bits per heavy atom. The van der Waals surface area contributed by atoms with Crippen LogP contribution in [-0.2, 0) is 13.0 Å². The van der Waals surface area contributed by atoms with Crippen LogP contribution in [0, 0.1) is 11.3 Å². The Hall–Kier alpha value is -2.25. The molecule has 0 spiro atoms. The predicted octanol–water partition coefficient (Wildman–Crippen LogP) is 3.27. The molecule has 0 aliphatic carbocycles. The van der Waals surface area contributed by atoms with Gasteiger partial charge in [-0.1, -0.05) is 6.07 Å². The SMILES string of the molecule is COc1cc(CNC(C)CCc2ccco2)ccc1C#N. The van der Waals surface area contributed by atoms with Crippen molar-refractivity contribution < 1.29 is 9.15 Å². The van der Waals surface area contributed by atoms with Gasteiger partial charge in [0, 0.05) is 19.0 Å². The molecule has 0 amide bonds. The Balaban J connectivity index is 1.83. The van der Waals surface area contributed by atoms with Gasteiger partial charge in [0.1, 0.15) is 17.6 Å². The monoisotopic (exact) mass is 284 g/mol. The maximum Gasteiger partial charge on any atom is 0.136 e. The van der Waals surface area contributed by atoms with Gasteiger partial charge in [-0.05, 0) is 43.2 Å². The van der Waals surface area contributed by atoms with E-state index in [2.05, 4.69) is 18.3 Å². The van der Waals surface area contributed by atoms with Crippen LogP contribution in [0.15, 0.2) is 41.0 Å². The van der Waals surface area contributed by atoms with Gasteiger partial charge in [0.05, 0.1) is 18.9 Å². The van der Waals surface area contributed by atoms with Gasteiger partial charge < -0.3 is 14.5 Å². The fraction of sp³-hybridized carbons (Fsp3) is 0.353. The van der Waals surface area contributed by atoms with Crippen molar-refractivity contribution in [3.63, 3.8) is 0 Å². The van der Waals surface area contributed by atoms with E-state index in [1.165, 1.54) is 0 Å². The Labute approximate surface area is 125 Å². The standard InChI is InChI=1S/C17H20N2O2/c1-13(5-8-16-4-3-9-21-16)19-12-14-6-7-15(11-18)17(10-14)20-2/h3-4,6-7,9-10,13,19H,5,8,12H2,1-2H3. The molecular formula is C17H20N2O2. The van der Waals surface area contributed by atoms with Crippen LogP contribution in [0.5, 0.6) is 5.75 Å². The summed E-state index contributed by atoms with van der Waals surface area (Å²) >= 11 is 0. The first-order valence-corrected chi connectivity index (χ1v) is 7.05. The second kappa shape index (κ2) is 7.51. The van der Waals surface area contributed by atoms with E-state index in [1.54, 1.807) is 19.4 Å². The molecule has 0 aliphatic rings. The lowest BCUT2D eigenvalue weighted by Crippen LogP contribution is -2.25. The zero-order chi connectivity index (χ0) is 15.1. The van der Waals surface area contributed by atoms with E-state index >= 15 is 0 Å². The Kier molecular flexibility index (Phi) is 5.42. The van der Waals surface area contributed by atoms with Crippen LogP contribution in [0.4, 0.5) is 0 Å². The first-order valence-electron chi connectivity index (χ1n) is 7.05. The fourth-order valence-corrected chi connectivity index (χ4v) is 2.15. The largest absolute Gasteiger partial charge is 0.495 e. The van der Waals surface area contributed by atoms with E-state index in [1.807, 2.05) is 24.3 Å². The molecule has 1 N–H and O–H groups in total. The molecule has 0 saturated heterocycles. The minimum absolute atomic E-state index is 0.386. The van der Waals surface area contributed by atoms with E-state index in [-0.39, 0.29) is 0 Å². The molecule has 2 aromatic rings. The summed E-state index contributed by atoms with van der Waals surface area (Å²) in [4.78, 5) is 0. The number of nitrogens with zero attached hydrogens (tertiary/aromatic N) is 1. The number of hydrogen-bond donors (Lipinski definition) is 1. The Bertz CT molecular complexity index is 600.